The van der Waals surface area contributed by atoms with Crippen LogP contribution >= 0.6 is 0 Å². The Balaban J connectivity index is 0.961. The molecule has 9 aliphatic rings. The average Bonchev–Trinajstić information content (AvgIpc) is 1.47. The van der Waals surface area contributed by atoms with Gasteiger partial charge in [-0.05, 0) is 69.6 Å². The zero-order valence-electron chi connectivity index (χ0n) is 49.2. The molecule has 0 radical (unpaired) electrons. The number of hydrogen-bond acceptors (Lipinski definition) is 32. The summed E-state index contributed by atoms with van der Waals surface area (Å²) >= 11 is 0. The fourth-order valence-corrected chi connectivity index (χ4v) is 13.9. The van der Waals surface area contributed by atoms with Crippen LogP contribution < -0.4 is 0 Å². The molecule has 9 rings (SSSR count). The van der Waals surface area contributed by atoms with E-state index in [0.717, 1.165) is 12.2 Å². The third kappa shape index (κ3) is 16.6. The largest absolute Gasteiger partial charge is 0.479 e. The van der Waals surface area contributed by atoms with Gasteiger partial charge in [0.15, 0.2) is 49.6 Å². The second-order valence-corrected chi connectivity index (χ2v) is 25.5. The van der Waals surface area contributed by atoms with Crippen LogP contribution in [0.2, 0.25) is 0 Å². The van der Waals surface area contributed by atoms with Crippen molar-refractivity contribution in [1.82, 2.24) is 0 Å². The number of ether oxygens (including phenoxy) is 11. The number of aliphatic hydroxyl groups is 21. The molecule has 520 valence electrons. The first kappa shape index (κ1) is 72.0. The molecule has 36 atom stereocenters. The Morgan fingerprint density at radius 2 is 0.967 bits per heavy atom. The van der Waals surface area contributed by atoms with Gasteiger partial charge in [0.05, 0.1) is 68.0 Å². The third-order valence-corrected chi connectivity index (χ3v) is 19.2. The second kappa shape index (κ2) is 31.3. The van der Waals surface area contributed by atoms with Crippen LogP contribution in [0.4, 0.5) is 0 Å². The summed E-state index contributed by atoms with van der Waals surface area (Å²) < 4.78 is 64.0. The maximum absolute atomic E-state index is 13.4. The Morgan fingerprint density at radius 3 is 1.55 bits per heavy atom. The molecule has 0 amide bonds. The fourth-order valence-electron chi connectivity index (χ4n) is 13.9. The van der Waals surface area contributed by atoms with Crippen LogP contribution in [0.5, 0.6) is 0 Å². The van der Waals surface area contributed by atoms with Crippen molar-refractivity contribution in [2.75, 3.05) is 19.8 Å². The van der Waals surface area contributed by atoms with Crippen molar-refractivity contribution in [2.45, 2.75) is 267 Å². The van der Waals surface area contributed by atoms with E-state index in [1.807, 2.05) is 0 Å². The first-order valence-electron chi connectivity index (χ1n) is 30.9. The molecule has 16 unspecified atom stereocenters. The van der Waals surface area contributed by atoms with Gasteiger partial charge in [-0.25, -0.2) is 14.4 Å². The smallest absolute Gasteiger partial charge is 0.335 e. The Labute approximate surface area is 519 Å². The molecule has 0 aromatic carbocycles. The predicted octanol–water partition coefficient (Wildman–Crippen LogP) is -9.71. The van der Waals surface area contributed by atoms with Gasteiger partial charge in [-0.15, -0.1) is 0 Å². The van der Waals surface area contributed by atoms with Gasteiger partial charge in [0, 0.05) is 30.9 Å². The SMILES string of the molecule is O=C(C=CC1CCC(O)C(O)C1)OC[C@@H]1O[C@H](OC2CC(O)C3CC(O[C@H]4O[C@@H](CO)[C@H](O)[C@@H](O)[C@@H]4O[C@H]4O[C@@H](CO)[C@H](O)[C@@H](O)[C@@H]4OC(=O)C=CC4CCC(O)C(O)C4)C(C4CC(O)C(O)C(O[C@H]5O[C@@H](C(=O)O)[C@H](O)[C@@H](O)[C@H]5O)C4)[OH+]C3C2)[C@@H](O)[C@H](O)[C@H]1O. The van der Waals surface area contributed by atoms with Gasteiger partial charge in [-0.1, -0.05) is 12.2 Å². The van der Waals surface area contributed by atoms with Crippen molar-refractivity contribution in [3.05, 3.63) is 24.3 Å². The molecular formula is C57H89O34+. The Hall–Kier alpha value is -3.23. The quantitative estimate of drug-likeness (QED) is 0.0324. The lowest BCUT2D eigenvalue weighted by atomic mass is 9.72. The highest BCUT2D eigenvalue weighted by atomic mass is 16.8. The van der Waals surface area contributed by atoms with Crippen molar-refractivity contribution >= 4 is 17.9 Å². The summed E-state index contributed by atoms with van der Waals surface area (Å²) in [5.74, 6) is -6.29. The summed E-state index contributed by atoms with van der Waals surface area (Å²) in [5.41, 5.74) is 0. The fraction of sp³-hybridized carbons (Fsp3) is 0.877. The highest BCUT2D eigenvalue weighted by molar-refractivity contribution is 5.82. The van der Waals surface area contributed by atoms with Crippen LogP contribution in [-0.2, 0) is 61.8 Å². The Bertz CT molecular complexity index is 2430. The van der Waals surface area contributed by atoms with Crippen LogP contribution in [0.15, 0.2) is 24.3 Å². The molecule has 21 N–H and O–H groups in total. The molecule has 4 saturated carbocycles. The maximum Gasteiger partial charge on any atom is 0.335 e. The molecule has 0 aromatic rings. The van der Waals surface area contributed by atoms with E-state index in [0.29, 0.717) is 19.3 Å². The van der Waals surface area contributed by atoms with Gasteiger partial charge >= 0.3 is 17.9 Å². The molecule has 91 heavy (non-hydrogen) atoms. The van der Waals surface area contributed by atoms with E-state index in [-0.39, 0.29) is 63.2 Å². The summed E-state index contributed by atoms with van der Waals surface area (Å²) in [6.45, 7) is -2.55. The highest BCUT2D eigenvalue weighted by Crippen LogP contribution is 2.45. The summed E-state index contributed by atoms with van der Waals surface area (Å²) in [6, 6.07) is 0. The average molecular weight is 1320 g/mol. The van der Waals surface area contributed by atoms with E-state index >= 15 is 0 Å². The van der Waals surface area contributed by atoms with Gasteiger partial charge in [-0.2, -0.15) is 0 Å². The van der Waals surface area contributed by atoms with Crippen molar-refractivity contribution in [3.63, 3.8) is 0 Å². The Morgan fingerprint density at radius 1 is 0.440 bits per heavy atom. The number of fused-ring (bicyclic) bond motifs is 1. The molecule has 5 saturated heterocycles. The van der Waals surface area contributed by atoms with E-state index in [2.05, 4.69) is 0 Å². The standard InChI is InChI=1S/C57H88O34/c58-16-33-40(70)45(75)52(91-57-51(44(74)39(69)34(17-59)87-57)89-37(67)8-4-20-2-6-25(61)28(64)10-20)56(86-33)85-32-15-23-26(62)13-22(82-54-47(77)42(72)41(71)35(88-54)18-81-36(66)7-3-19-1-5-24(60)27(63)9-19)14-30(23)83-49(32)21-11-29(65)38(68)31(12-21)84-55-48(78)43(73)46(76)50(90-55)53(79)80/h3-4,7-8,19-35,38-52,54-65,68-78H,1-2,5-6,9-18H2,(H,79,80)/p+1/t19?,20?,21?,22?,23?,24?,25?,26?,27?,28?,29?,30?,31?,32?,33-,34-,35-,38?,39-,40-,41-,42+,43+,44+,45+,46+,47-,48+,49?,50+,51-,52-,54-,55-,56-,57+/m0/s1. The van der Waals surface area contributed by atoms with Crippen molar-refractivity contribution in [3.8, 4) is 0 Å². The van der Waals surface area contributed by atoms with Crippen LogP contribution in [0.1, 0.15) is 70.6 Å². The summed E-state index contributed by atoms with van der Waals surface area (Å²) in [7, 11) is 0. The number of aliphatic carboxylic acids is 1. The monoisotopic (exact) mass is 1320 g/mol. The number of rotatable bonds is 19. The van der Waals surface area contributed by atoms with Gasteiger partial charge in [0.1, 0.15) is 104 Å². The zero-order valence-corrected chi connectivity index (χ0v) is 49.2. The molecule has 9 fully saturated rings. The van der Waals surface area contributed by atoms with E-state index < -0.39 is 246 Å². The van der Waals surface area contributed by atoms with Crippen LogP contribution in [0.3, 0.4) is 0 Å². The molecule has 4 aliphatic carbocycles. The van der Waals surface area contributed by atoms with Gasteiger partial charge < -0.3 is 154 Å². The number of carbonyl (C=O) groups excluding carboxylic acids is 2. The molecular weight excluding hydrogens is 1230 g/mol. The van der Waals surface area contributed by atoms with E-state index in [1.165, 1.54) is 12.2 Å². The number of allylic oxidation sites excluding steroid dienone is 2. The van der Waals surface area contributed by atoms with Crippen LogP contribution in [-0.4, -0.2) is 341 Å². The van der Waals surface area contributed by atoms with Gasteiger partial charge in [0.25, 0.3) is 0 Å². The lowest BCUT2D eigenvalue weighted by Gasteiger charge is -2.51. The lowest BCUT2D eigenvalue weighted by Crippen LogP contribution is -2.66. The van der Waals surface area contributed by atoms with Crippen LogP contribution in [0, 0.1) is 23.7 Å². The molecule has 34 nitrogen and oxygen atoms in total. The topological polar surface area (TPSA) is 561 Å². The minimum Gasteiger partial charge on any atom is -0.479 e. The minimum atomic E-state index is -2.13. The van der Waals surface area contributed by atoms with Crippen molar-refractivity contribution in [2.24, 2.45) is 23.7 Å². The number of carbonyl (C=O) groups is 3. The zero-order chi connectivity index (χ0) is 66.0. The first-order chi connectivity index (χ1) is 43.2. The highest BCUT2D eigenvalue weighted by Gasteiger charge is 2.60. The number of hydrogen-bond donors (Lipinski definition) is 20. The Kier molecular flexibility index (Phi) is 24.8. The third-order valence-electron chi connectivity index (χ3n) is 19.2. The molecule has 0 bridgehead atoms. The number of esters is 2. The summed E-state index contributed by atoms with van der Waals surface area (Å²) in [4.78, 5) is 38.2. The minimum absolute atomic E-state index is 0.0896. The molecule has 0 aromatic heterocycles. The van der Waals surface area contributed by atoms with E-state index in [9.17, 15) is 117 Å². The van der Waals surface area contributed by atoms with Gasteiger partial charge in [-0.3, -0.25) is 0 Å². The van der Waals surface area contributed by atoms with Crippen LogP contribution in [0.25, 0.3) is 0 Å². The molecule has 0 spiro atoms. The van der Waals surface area contributed by atoms with Gasteiger partial charge in [0.2, 0.25) is 0 Å². The lowest BCUT2D eigenvalue weighted by molar-refractivity contribution is -0.389. The summed E-state index contributed by atoms with van der Waals surface area (Å²) in [6.07, 6.45) is -48.1. The van der Waals surface area contributed by atoms with Crippen molar-refractivity contribution in [1.29, 1.82) is 0 Å². The number of aliphatic hydroxyl groups excluding tert-OH is 19. The normalized spacial score (nSPS) is 50.1. The van der Waals surface area contributed by atoms with Crippen molar-refractivity contribution < 1.29 is 169 Å². The summed E-state index contributed by atoms with van der Waals surface area (Å²) in [5, 5.41) is 216. The van der Waals surface area contributed by atoms with E-state index in [1.54, 1.807) is 0 Å². The molecule has 5 aliphatic heterocycles. The number of carboxylic acid groups (broad SMARTS) is 1. The molecule has 5 heterocycles. The predicted molar refractivity (Wildman–Crippen MR) is 292 cm³/mol. The number of carboxylic acids is 1. The van der Waals surface area contributed by atoms with E-state index in [4.69, 9.17) is 52.1 Å². The maximum atomic E-state index is 13.4. The second-order valence-electron chi connectivity index (χ2n) is 25.5. The first-order valence-corrected chi connectivity index (χ1v) is 30.9. The molecule has 34 heteroatoms.